The zero-order valence-corrected chi connectivity index (χ0v) is 15.9. The topological polar surface area (TPSA) is 61.9 Å². The molecule has 2 heterocycles. The summed E-state index contributed by atoms with van der Waals surface area (Å²) < 4.78 is 48.5. The van der Waals surface area contributed by atoms with Gasteiger partial charge in [-0.05, 0) is 30.5 Å². The molecule has 2 aliphatic rings. The maximum atomic E-state index is 13.3. The predicted molar refractivity (Wildman–Crippen MR) is 98.5 cm³/mol. The lowest BCUT2D eigenvalue weighted by Gasteiger charge is -2.35. The average molecular weight is 386 g/mol. The molecule has 1 N–H and O–H groups in total. The number of rotatable bonds is 6. The molecule has 8 heteroatoms. The van der Waals surface area contributed by atoms with E-state index in [1.165, 1.54) is 12.1 Å². The number of nitrogens with one attached hydrogen (secondary N) is 1. The van der Waals surface area contributed by atoms with Crippen LogP contribution in [0.15, 0.2) is 24.3 Å². The summed E-state index contributed by atoms with van der Waals surface area (Å²) in [5.74, 6) is -0.292. The quantitative estimate of drug-likeness (QED) is 0.813. The average Bonchev–Trinajstić information content (AvgIpc) is 2.94. The molecule has 6 nitrogen and oxygen atoms in total. The number of hydrogen-bond acceptors (Lipinski definition) is 4. The third-order valence-corrected chi connectivity index (χ3v) is 6.68. The SMILES string of the molecule is O=S(=O)(NCC(c1ccc(F)cc1)N1CCOCC1)N1CCCCCC1. The highest BCUT2D eigenvalue weighted by Crippen LogP contribution is 2.22. The van der Waals surface area contributed by atoms with Gasteiger partial charge in [0.2, 0.25) is 0 Å². The van der Waals surface area contributed by atoms with Gasteiger partial charge in [-0.2, -0.15) is 12.7 Å². The molecule has 26 heavy (non-hydrogen) atoms. The third kappa shape index (κ3) is 5.23. The highest BCUT2D eigenvalue weighted by molar-refractivity contribution is 7.87. The van der Waals surface area contributed by atoms with E-state index in [0.29, 0.717) is 26.3 Å². The summed E-state index contributed by atoms with van der Waals surface area (Å²) in [4.78, 5) is 2.20. The standard InChI is InChI=1S/C18H28FN3O3S/c19-17-7-5-16(6-8-17)18(21-11-13-25-14-12-21)15-20-26(23,24)22-9-3-1-2-4-10-22/h5-8,18,20H,1-4,9-15H2. The van der Waals surface area contributed by atoms with Crippen LogP contribution in [0.5, 0.6) is 0 Å². The number of benzene rings is 1. The molecule has 1 aromatic carbocycles. The monoisotopic (exact) mass is 385 g/mol. The summed E-state index contributed by atoms with van der Waals surface area (Å²) in [7, 11) is -3.51. The molecule has 0 amide bonds. The van der Waals surface area contributed by atoms with Crippen LogP contribution in [0.2, 0.25) is 0 Å². The van der Waals surface area contributed by atoms with Crippen molar-refractivity contribution in [3.8, 4) is 0 Å². The molecule has 0 bridgehead atoms. The largest absolute Gasteiger partial charge is 0.379 e. The van der Waals surface area contributed by atoms with E-state index in [1.807, 2.05) is 0 Å². The fourth-order valence-electron chi connectivity index (χ4n) is 3.59. The Morgan fingerprint density at radius 2 is 1.62 bits per heavy atom. The molecule has 0 radical (unpaired) electrons. The summed E-state index contributed by atoms with van der Waals surface area (Å²) in [5, 5.41) is 0. The van der Waals surface area contributed by atoms with Crippen LogP contribution < -0.4 is 4.72 Å². The second-order valence-corrected chi connectivity index (χ2v) is 8.64. The Bertz CT molecular complexity index is 655. The molecule has 2 aliphatic heterocycles. The first-order valence-corrected chi connectivity index (χ1v) is 10.8. The first-order chi connectivity index (χ1) is 12.6. The summed E-state index contributed by atoms with van der Waals surface area (Å²) in [6.45, 7) is 4.13. The van der Waals surface area contributed by atoms with Gasteiger partial charge in [-0.3, -0.25) is 4.90 Å². The van der Waals surface area contributed by atoms with E-state index in [0.717, 1.165) is 44.3 Å². The van der Waals surface area contributed by atoms with Gasteiger partial charge in [0.1, 0.15) is 5.82 Å². The van der Waals surface area contributed by atoms with E-state index in [-0.39, 0.29) is 18.4 Å². The van der Waals surface area contributed by atoms with Crippen LogP contribution in [0.3, 0.4) is 0 Å². The molecular formula is C18H28FN3O3S. The van der Waals surface area contributed by atoms with Gasteiger partial charge in [0.05, 0.1) is 13.2 Å². The van der Waals surface area contributed by atoms with Crippen molar-refractivity contribution in [2.24, 2.45) is 0 Å². The predicted octanol–water partition coefficient (Wildman–Crippen LogP) is 1.91. The van der Waals surface area contributed by atoms with Gasteiger partial charge in [0, 0.05) is 38.8 Å². The summed E-state index contributed by atoms with van der Waals surface area (Å²) in [6.07, 6.45) is 3.98. The Hall–Kier alpha value is -1.06. The van der Waals surface area contributed by atoms with Crippen LogP contribution in [0.1, 0.15) is 37.3 Å². The van der Waals surface area contributed by atoms with Crippen molar-refractivity contribution in [3.05, 3.63) is 35.6 Å². The first-order valence-electron chi connectivity index (χ1n) is 9.38. The molecule has 0 saturated carbocycles. The number of halogens is 1. The lowest BCUT2D eigenvalue weighted by Crippen LogP contribution is -2.47. The Morgan fingerprint density at radius 1 is 1.00 bits per heavy atom. The fourth-order valence-corrected chi connectivity index (χ4v) is 4.88. The van der Waals surface area contributed by atoms with Crippen LogP contribution >= 0.6 is 0 Å². The summed E-state index contributed by atoms with van der Waals surface area (Å²) >= 11 is 0. The van der Waals surface area contributed by atoms with Gasteiger partial charge in [-0.1, -0.05) is 25.0 Å². The molecule has 1 aromatic rings. The highest BCUT2D eigenvalue weighted by Gasteiger charge is 2.27. The number of morpholine rings is 1. The van der Waals surface area contributed by atoms with Crippen LogP contribution in [0.25, 0.3) is 0 Å². The van der Waals surface area contributed by atoms with Crippen LogP contribution in [0, 0.1) is 5.82 Å². The van der Waals surface area contributed by atoms with Gasteiger partial charge in [0.15, 0.2) is 0 Å². The van der Waals surface area contributed by atoms with E-state index in [1.54, 1.807) is 16.4 Å². The molecule has 0 aliphatic carbocycles. The zero-order chi connectivity index (χ0) is 18.4. The maximum absolute atomic E-state index is 13.3. The Kier molecular flexibility index (Phi) is 6.99. The molecule has 2 saturated heterocycles. The van der Waals surface area contributed by atoms with Gasteiger partial charge in [-0.25, -0.2) is 9.11 Å². The van der Waals surface area contributed by atoms with Crippen LogP contribution in [-0.4, -0.2) is 63.6 Å². The van der Waals surface area contributed by atoms with Crippen LogP contribution in [-0.2, 0) is 14.9 Å². The number of ether oxygens (including phenoxy) is 1. The number of nitrogens with zero attached hydrogens (tertiary/aromatic N) is 2. The zero-order valence-electron chi connectivity index (χ0n) is 15.1. The summed E-state index contributed by atoms with van der Waals surface area (Å²) in [6, 6.07) is 6.17. The van der Waals surface area contributed by atoms with E-state index in [4.69, 9.17) is 4.74 Å². The van der Waals surface area contributed by atoms with Gasteiger partial charge >= 0.3 is 0 Å². The highest BCUT2D eigenvalue weighted by atomic mass is 32.2. The minimum atomic E-state index is -3.51. The molecule has 146 valence electrons. The van der Waals surface area contributed by atoms with Gasteiger partial charge in [-0.15, -0.1) is 0 Å². The van der Waals surface area contributed by atoms with Crippen molar-refractivity contribution in [2.75, 3.05) is 45.9 Å². The van der Waals surface area contributed by atoms with Gasteiger partial charge < -0.3 is 4.74 Å². The smallest absolute Gasteiger partial charge is 0.279 e. The molecule has 3 rings (SSSR count). The molecular weight excluding hydrogens is 357 g/mol. The first kappa shape index (κ1) is 19.7. The lowest BCUT2D eigenvalue weighted by molar-refractivity contribution is 0.0171. The lowest BCUT2D eigenvalue weighted by atomic mass is 10.0. The third-order valence-electron chi connectivity index (χ3n) is 5.11. The van der Waals surface area contributed by atoms with E-state index < -0.39 is 10.2 Å². The molecule has 1 unspecified atom stereocenters. The van der Waals surface area contributed by atoms with E-state index in [9.17, 15) is 12.8 Å². The van der Waals surface area contributed by atoms with Crippen molar-refractivity contribution in [3.63, 3.8) is 0 Å². The molecule has 1 atom stereocenters. The van der Waals surface area contributed by atoms with Crippen molar-refractivity contribution in [1.29, 1.82) is 0 Å². The molecule has 0 aromatic heterocycles. The Balaban J connectivity index is 1.71. The van der Waals surface area contributed by atoms with E-state index in [2.05, 4.69) is 9.62 Å². The fraction of sp³-hybridized carbons (Fsp3) is 0.667. The maximum Gasteiger partial charge on any atom is 0.279 e. The minimum absolute atomic E-state index is 0.138. The van der Waals surface area contributed by atoms with Crippen LogP contribution in [0.4, 0.5) is 4.39 Å². The van der Waals surface area contributed by atoms with Crippen molar-refractivity contribution >= 4 is 10.2 Å². The number of hydrogen-bond donors (Lipinski definition) is 1. The second kappa shape index (κ2) is 9.23. The minimum Gasteiger partial charge on any atom is -0.379 e. The van der Waals surface area contributed by atoms with Gasteiger partial charge in [0.25, 0.3) is 10.2 Å². The van der Waals surface area contributed by atoms with E-state index >= 15 is 0 Å². The summed E-state index contributed by atoms with van der Waals surface area (Å²) in [5.41, 5.74) is 0.909. The Morgan fingerprint density at radius 3 is 2.23 bits per heavy atom. The molecule has 2 fully saturated rings. The second-order valence-electron chi connectivity index (χ2n) is 6.88. The Labute approximate surface area is 155 Å². The van der Waals surface area contributed by atoms with Crippen molar-refractivity contribution < 1.29 is 17.5 Å². The molecule has 0 spiro atoms. The normalized spacial score (nSPS) is 22.0. The van der Waals surface area contributed by atoms with Crippen molar-refractivity contribution in [1.82, 2.24) is 13.9 Å². The van der Waals surface area contributed by atoms with Crippen molar-refractivity contribution in [2.45, 2.75) is 31.7 Å².